The van der Waals surface area contributed by atoms with Gasteiger partial charge in [0.2, 0.25) is 5.12 Å². The first-order valence-corrected chi connectivity index (χ1v) is 7.29. The van der Waals surface area contributed by atoms with Crippen molar-refractivity contribution in [2.24, 2.45) is 0 Å². The van der Waals surface area contributed by atoms with Crippen LogP contribution in [0.3, 0.4) is 0 Å². The first-order chi connectivity index (χ1) is 10.6. The summed E-state index contributed by atoms with van der Waals surface area (Å²) >= 11 is 3.89. The van der Waals surface area contributed by atoms with Crippen LogP contribution in [0.5, 0.6) is 0 Å². The van der Waals surface area contributed by atoms with E-state index < -0.39 is 0 Å². The summed E-state index contributed by atoms with van der Waals surface area (Å²) in [5.74, 6) is 6.22. The van der Waals surface area contributed by atoms with Gasteiger partial charge in [-0.05, 0) is 30.7 Å². The van der Waals surface area contributed by atoms with E-state index in [2.05, 4.69) is 29.5 Å². The van der Waals surface area contributed by atoms with Gasteiger partial charge in [-0.1, -0.05) is 42.2 Å². The van der Waals surface area contributed by atoms with Gasteiger partial charge >= 0.3 is 0 Å². The molecule has 0 aliphatic heterocycles. The maximum atomic E-state index is 11.4. The highest BCUT2D eigenvalue weighted by Crippen LogP contribution is 2.16. The van der Waals surface area contributed by atoms with Crippen LogP contribution in [0, 0.1) is 18.8 Å². The summed E-state index contributed by atoms with van der Waals surface area (Å²) in [5, 5.41) is 0.818. The Bertz CT molecular complexity index is 935. The molecule has 1 aromatic heterocycles. The van der Waals surface area contributed by atoms with E-state index in [-0.39, 0.29) is 5.12 Å². The van der Waals surface area contributed by atoms with E-state index in [0.717, 1.165) is 27.6 Å². The third kappa shape index (κ3) is 2.88. The standard InChI is InChI=1S/C19H13NOS/c1-13-15(6-4-7-17(13)19(21)22)10-9-14-11-16-5-2-3-8-18(16)20-12-14/h2-8,11-12H,1H3,(H,21,22). The van der Waals surface area contributed by atoms with Gasteiger partial charge in [0.15, 0.2) is 0 Å². The third-order valence-electron chi connectivity index (χ3n) is 3.50. The van der Waals surface area contributed by atoms with Crippen molar-refractivity contribution in [1.29, 1.82) is 0 Å². The minimum atomic E-state index is -0.242. The van der Waals surface area contributed by atoms with Crippen molar-refractivity contribution in [3.8, 4) is 11.8 Å². The van der Waals surface area contributed by atoms with Crippen molar-refractivity contribution in [1.82, 2.24) is 4.98 Å². The number of carbonyl (C=O) groups excluding carboxylic acids is 1. The third-order valence-corrected chi connectivity index (χ3v) is 3.74. The molecular weight excluding hydrogens is 290 g/mol. The number of benzene rings is 2. The lowest BCUT2D eigenvalue weighted by molar-refractivity contribution is 0.109. The minimum absolute atomic E-state index is 0.242. The summed E-state index contributed by atoms with van der Waals surface area (Å²) in [6, 6.07) is 15.4. The lowest BCUT2D eigenvalue weighted by Crippen LogP contribution is -1.95. The predicted molar refractivity (Wildman–Crippen MR) is 92.2 cm³/mol. The zero-order valence-electron chi connectivity index (χ0n) is 12.0. The van der Waals surface area contributed by atoms with Crippen LogP contribution < -0.4 is 0 Å². The van der Waals surface area contributed by atoms with Gasteiger partial charge in [-0.15, -0.1) is 12.6 Å². The number of para-hydroxylation sites is 1. The molecule has 3 heteroatoms. The van der Waals surface area contributed by atoms with Crippen molar-refractivity contribution in [3.05, 3.63) is 77.0 Å². The molecule has 22 heavy (non-hydrogen) atoms. The summed E-state index contributed by atoms with van der Waals surface area (Å²) in [6.45, 7) is 1.88. The SMILES string of the molecule is Cc1c(C#Cc2cnc3ccccc3c2)cccc1C(=O)S. The molecule has 0 unspecified atom stereocenters. The van der Waals surface area contributed by atoms with Gasteiger partial charge < -0.3 is 0 Å². The van der Waals surface area contributed by atoms with Crippen molar-refractivity contribution >= 4 is 28.6 Å². The fraction of sp³-hybridized carbons (Fsp3) is 0.0526. The molecule has 106 valence electrons. The summed E-state index contributed by atoms with van der Waals surface area (Å²) < 4.78 is 0. The summed E-state index contributed by atoms with van der Waals surface area (Å²) in [6.07, 6.45) is 1.76. The molecule has 0 saturated heterocycles. The molecule has 0 saturated carbocycles. The Balaban J connectivity index is 2.01. The lowest BCUT2D eigenvalue weighted by atomic mass is 10.0. The number of aromatic nitrogens is 1. The maximum Gasteiger partial charge on any atom is 0.216 e. The average Bonchev–Trinajstić information content (AvgIpc) is 2.53. The summed E-state index contributed by atoms with van der Waals surface area (Å²) in [4.78, 5) is 15.8. The Kier molecular flexibility index (Phi) is 3.95. The van der Waals surface area contributed by atoms with E-state index in [9.17, 15) is 4.79 Å². The highest BCUT2D eigenvalue weighted by atomic mass is 32.1. The predicted octanol–water partition coefficient (Wildman–Crippen LogP) is 4.01. The van der Waals surface area contributed by atoms with E-state index in [4.69, 9.17) is 0 Å². The maximum absolute atomic E-state index is 11.4. The second-order valence-electron chi connectivity index (χ2n) is 4.95. The van der Waals surface area contributed by atoms with Crippen LogP contribution in [0.15, 0.2) is 54.7 Å². The average molecular weight is 303 g/mol. The van der Waals surface area contributed by atoms with Gasteiger partial charge in [-0.3, -0.25) is 9.78 Å². The van der Waals surface area contributed by atoms with Gasteiger partial charge in [0.05, 0.1) is 5.52 Å². The highest BCUT2D eigenvalue weighted by molar-refractivity contribution is 7.97. The van der Waals surface area contributed by atoms with Gasteiger partial charge in [0, 0.05) is 28.3 Å². The molecule has 0 aliphatic rings. The van der Waals surface area contributed by atoms with Crippen molar-refractivity contribution in [2.75, 3.05) is 0 Å². The molecule has 0 aliphatic carbocycles. The molecule has 0 fully saturated rings. The summed E-state index contributed by atoms with van der Waals surface area (Å²) in [5.41, 5.74) is 4.07. The van der Waals surface area contributed by atoms with Crippen LogP contribution in [0.4, 0.5) is 0 Å². The van der Waals surface area contributed by atoms with Crippen LogP contribution in [0.2, 0.25) is 0 Å². The second kappa shape index (κ2) is 6.05. The number of carbonyl (C=O) groups is 1. The number of rotatable bonds is 1. The van der Waals surface area contributed by atoms with Crippen LogP contribution in [0.1, 0.15) is 27.0 Å². The summed E-state index contributed by atoms with van der Waals surface area (Å²) in [7, 11) is 0. The molecule has 0 N–H and O–H groups in total. The first-order valence-electron chi connectivity index (χ1n) is 6.85. The Labute approximate surface area is 134 Å². The zero-order valence-corrected chi connectivity index (χ0v) is 12.9. The van der Waals surface area contributed by atoms with E-state index in [1.54, 1.807) is 12.3 Å². The monoisotopic (exact) mass is 303 g/mol. The highest BCUT2D eigenvalue weighted by Gasteiger charge is 2.06. The van der Waals surface area contributed by atoms with Crippen LogP contribution >= 0.6 is 12.6 Å². The molecule has 1 heterocycles. The van der Waals surface area contributed by atoms with Crippen LogP contribution in [-0.4, -0.2) is 10.1 Å². The van der Waals surface area contributed by atoms with E-state index in [1.165, 1.54) is 0 Å². The van der Waals surface area contributed by atoms with E-state index in [0.29, 0.717) is 5.56 Å². The van der Waals surface area contributed by atoms with Crippen molar-refractivity contribution in [3.63, 3.8) is 0 Å². The molecule has 3 rings (SSSR count). The number of pyridine rings is 1. The van der Waals surface area contributed by atoms with E-state index in [1.807, 2.05) is 49.4 Å². The van der Waals surface area contributed by atoms with Gasteiger partial charge in [0.1, 0.15) is 0 Å². The Hall–Kier alpha value is -2.57. The molecule has 0 spiro atoms. The molecule has 0 radical (unpaired) electrons. The fourth-order valence-electron chi connectivity index (χ4n) is 2.28. The smallest absolute Gasteiger partial charge is 0.216 e. The number of nitrogens with zero attached hydrogens (tertiary/aromatic N) is 1. The fourth-order valence-corrected chi connectivity index (χ4v) is 2.52. The first kappa shape index (κ1) is 14.4. The molecule has 0 amide bonds. The minimum Gasteiger partial charge on any atom is -0.282 e. The molecule has 0 atom stereocenters. The number of thiol groups is 1. The van der Waals surface area contributed by atoms with E-state index >= 15 is 0 Å². The van der Waals surface area contributed by atoms with Crippen LogP contribution in [0.25, 0.3) is 10.9 Å². The van der Waals surface area contributed by atoms with Gasteiger partial charge in [0.25, 0.3) is 0 Å². The molecule has 2 aromatic carbocycles. The zero-order chi connectivity index (χ0) is 15.5. The van der Waals surface area contributed by atoms with Gasteiger partial charge in [-0.25, -0.2) is 0 Å². The quantitative estimate of drug-likeness (QED) is 0.544. The Morgan fingerprint density at radius 2 is 1.91 bits per heavy atom. The number of hydrogen-bond acceptors (Lipinski definition) is 2. The lowest BCUT2D eigenvalue weighted by Gasteiger charge is -2.03. The Morgan fingerprint density at radius 1 is 1.09 bits per heavy atom. The molecule has 2 nitrogen and oxygen atoms in total. The van der Waals surface area contributed by atoms with Gasteiger partial charge in [-0.2, -0.15) is 0 Å². The normalized spacial score (nSPS) is 10.1. The molecule has 3 aromatic rings. The Morgan fingerprint density at radius 3 is 2.73 bits per heavy atom. The largest absolute Gasteiger partial charge is 0.282 e. The van der Waals surface area contributed by atoms with Crippen LogP contribution in [-0.2, 0) is 0 Å². The molecular formula is C19H13NOS. The number of fused-ring (bicyclic) bond motifs is 1. The van der Waals surface area contributed by atoms with Crippen molar-refractivity contribution in [2.45, 2.75) is 6.92 Å². The number of hydrogen-bond donors (Lipinski definition) is 1. The topological polar surface area (TPSA) is 30.0 Å². The van der Waals surface area contributed by atoms with Crippen molar-refractivity contribution < 1.29 is 4.79 Å². The second-order valence-corrected chi connectivity index (χ2v) is 5.36. The molecule has 0 bridgehead atoms.